The first-order valence-electron chi connectivity index (χ1n) is 8.09. The maximum Gasteiger partial charge on any atom is 0.157 e. The number of halogens is 3. The van der Waals surface area contributed by atoms with Gasteiger partial charge in [-0.15, -0.1) is 0 Å². The smallest absolute Gasteiger partial charge is 0.157 e. The molecule has 0 unspecified atom stereocenters. The van der Waals surface area contributed by atoms with Crippen LogP contribution in [0.2, 0.25) is 10.0 Å². The normalized spacial score (nSPS) is 11.0. The van der Waals surface area contributed by atoms with Crippen molar-refractivity contribution in [3.8, 4) is 11.5 Å². The SMILES string of the molecule is COc1ccc(N=Cc2cc(Cl)c(OCc3cccc(F)c3)c(Cl)c2)cc1. The van der Waals surface area contributed by atoms with Crippen LogP contribution < -0.4 is 9.47 Å². The van der Waals surface area contributed by atoms with Crippen molar-refractivity contribution in [1.29, 1.82) is 0 Å². The van der Waals surface area contributed by atoms with E-state index < -0.39 is 0 Å². The zero-order valence-electron chi connectivity index (χ0n) is 14.5. The molecule has 0 radical (unpaired) electrons. The van der Waals surface area contributed by atoms with Gasteiger partial charge in [0, 0.05) is 6.21 Å². The summed E-state index contributed by atoms with van der Waals surface area (Å²) in [6, 6.07) is 16.9. The van der Waals surface area contributed by atoms with Crippen molar-refractivity contribution in [1.82, 2.24) is 0 Å². The molecule has 0 aliphatic carbocycles. The highest BCUT2D eigenvalue weighted by Crippen LogP contribution is 2.34. The molecule has 0 heterocycles. The van der Waals surface area contributed by atoms with Crippen LogP contribution in [0.25, 0.3) is 0 Å². The molecule has 3 aromatic carbocycles. The van der Waals surface area contributed by atoms with Gasteiger partial charge >= 0.3 is 0 Å². The van der Waals surface area contributed by atoms with Gasteiger partial charge in [0.2, 0.25) is 0 Å². The standard InChI is InChI=1S/C21H16Cl2FNO2/c1-26-18-7-5-17(6-8-18)25-12-15-10-19(22)21(20(23)11-15)27-13-14-3-2-4-16(24)9-14/h2-12H,13H2,1H3. The monoisotopic (exact) mass is 403 g/mol. The summed E-state index contributed by atoms with van der Waals surface area (Å²) in [5.74, 6) is 0.794. The van der Waals surface area contributed by atoms with Crippen molar-refractivity contribution in [2.45, 2.75) is 6.61 Å². The lowest BCUT2D eigenvalue weighted by Crippen LogP contribution is -1.98. The van der Waals surface area contributed by atoms with Gasteiger partial charge in [0.1, 0.15) is 18.2 Å². The van der Waals surface area contributed by atoms with Gasteiger partial charge in [-0.3, -0.25) is 4.99 Å². The van der Waals surface area contributed by atoms with E-state index in [1.165, 1.54) is 12.1 Å². The summed E-state index contributed by atoms with van der Waals surface area (Å²) in [5.41, 5.74) is 2.20. The van der Waals surface area contributed by atoms with Crippen LogP contribution in [0.5, 0.6) is 11.5 Å². The predicted octanol–water partition coefficient (Wildman–Crippen LogP) is 6.47. The van der Waals surface area contributed by atoms with E-state index in [9.17, 15) is 4.39 Å². The molecule has 0 N–H and O–H groups in total. The van der Waals surface area contributed by atoms with Crippen LogP contribution in [0.15, 0.2) is 65.7 Å². The molecule has 0 bridgehead atoms. The summed E-state index contributed by atoms with van der Waals surface area (Å²) in [6.45, 7) is 0.163. The minimum absolute atomic E-state index is 0.163. The Balaban J connectivity index is 1.72. The quantitative estimate of drug-likeness (QED) is 0.441. The molecule has 3 rings (SSSR count). The summed E-state index contributed by atoms with van der Waals surface area (Å²) in [5, 5.41) is 0.713. The first-order valence-corrected chi connectivity index (χ1v) is 8.85. The summed E-state index contributed by atoms with van der Waals surface area (Å²) >= 11 is 12.6. The molecule has 0 saturated heterocycles. The Labute approximate surface area is 167 Å². The summed E-state index contributed by atoms with van der Waals surface area (Å²) in [4.78, 5) is 4.39. The minimum atomic E-state index is -0.321. The second-order valence-electron chi connectivity index (χ2n) is 5.69. The van der Waals surface area contributed by atoms with E-state index in [0.717, 1.165) is 17.0 Å². The number of methoxy groups -OCH3 is 1. The van der Waals surface area contributed by atoms with Crippen molar-refractivity contribution in [3.05, 3.63) is 87.7 Å². The van der Waals surface area contributed by atoms with Gasteiger partial charge in [-0.05, 0) is 59.7 Å². The summed E-state index contributed by atoms with van der Waals surface area (Å²) < 4.78 is 24.0. The minimum Gasteiger partial charge on any atom is -0.497 e. The summed E-state index contributed by atoms with van der Waals surface area (Å²) in [7, 11) is 1.61. The van der Waals surface area contributed by atoms with Gasteiger partial charge in [0.15, 0.2) is 5.75 Å². The largest absolute Gasteiger partial charge is 0.497 e. The first-order chi connectivity index (χ1) is 13.0. The third kappa shape index (κ3) is 5.22. The number of hydrogen-bond acceptors (Lipinski definition) is 3. The van der Waals surface area contributed by atoms with E-state index in [1.807, 2.05) is 24.3 Å². The number of aliphatic imine (C=N–C) groups is 1. The molecular weight excluding hydrogens is 388 g/mol. The molecular formula is C21H16Cl2FNO2. The van der Waals surface area contributed by atoms with Crippen molar-refractivity contribution in [2.75, 3.05) is 7.11 Å². The average Bonchev–Trinajstić information content (AvgIpc) is 2.66. The average molecular weight is 404 g/mol. The van der Waals surface area contributed by atoms with Crippen LogP contribution in [-0.4, -0.2) is 13.3 Å². The van der Waals surface area contributed by atoms with E-state index in [-0.39, 0.29) is 12.4 Å². The van der Waals surface area contributed by atoms with Gasteiger partial charge < -0.3 is 9.47 Å². The van der Waals surface area contributed by atoms with Gasteiger partial charge in [0.05, 0.1) is 22.8 Å². The Hall–Kier alpha value is -2.56. The molecule has 0 aromatic heterocycles. The molecule has 27 heavy (non-hydrogen) atoms. The summed E-state index contributed by atoms with van der Waals surface area (Å²) in [6.07, 6.45) is 1.66. The fraction of sp³-hybridized carbons (Fsp3) is 0.0952. The Morgan fingerprint density at radius 2 is 1.70 bits per heavy atom. The van der Waals surface area contributed by atoms with Crippen molar-refractivity contribution < 1.29 is 13.9 Å². The van der Waals surface area contributed by atoms with Crippen molar-refractivity contribution in [2.24, 2.45) is 4.99 Å². The van der Waals surface area contributed by atoms with E-state index in [4.69, 9.17) is 32.7 Å². The van der Waals surface area contributed by atoms with Crippen LogP contribution in [0.1, 0.15) is 11.1 Å². The molecule has 0 aliphatic rings. The van der Waals surface area contributed by atoms with Crippen LogP contribution in [0.4, 0.5) is 10.1 Å². The number of ether oxygens (including phenoxy) is 2. The molecule has 0 saturated carbocycles. The van der Waals surface area contributed by atoms with Crippen LogP contribution >= 0.6 is 23.2 Å². The molecule has 138 valence electrons. The van der Waals surface area contributed by atoms with E-state index in [0.29, 0.717) is 21.4 Å². The molecule has 0 fully saturated rings. The molecule has 3 nitrogen and oxygen atoms in total. The zero-order valence-corrected chi connectivity index (χ0v) is 16.0. The second-order valence-corrected chi connectivity index (χ2v) is 6.50. The van der Waals surface area contributed by atoms with Gasteiger partial charge in [-0.25, -0.2) is 4.39 Å². The second kappa shape index (κ2) is 8.89. The fourth-order valence-corrected chi connectivity index (χ4v) is 3.00. The third-order valence-electron chi connectivity index (χ3n) is 3.73. The van der Waals surface area contributed by atoms with Crippen molar-refractivity contribution >= 4 is 35.1 Å². The highest BCUT2D eigenvalue weighted by Gasteiger charge is 2.10. The molecule has 0 atom stereocenters. The third-order valence-corrected chi connectivity index (χ3v) is 4.29. The van der Waals surface area contributed by atoms with Gasteiger partial charge in [0.25, 0.3) is 0 Å². The van der Waals surface area contributed by atoms with Gasteiger partial charge in [-0.1, -0.05) is 35.3 Å². The first kappa shape index (κ1) is 19.2. The topological polar surface area (TPSA) is 30.8 Å². The molecule has 0 amide bonds. The van der Waals surface area contributed by atoms with E-state index in [2.05, 4.69) is 4.99 Å². The predicted molar refractivity (Wildman–Crippen MR) is 107 cm³/mol. The Bertz CT molecular complexity index is 936. The lowest BCUT2D eigenvalue weighted by molar-refractivity contribution is 0.306. The van der Waals surface area contributed by atoms with E-state index in [1.54, 1.807) is 37.6 Å². The van der Waals surface area contributed by atoms with Crippen molar-refractivity contribution in [3.63, 3.8) is 0 Å². The number of hydrogen-bond donors (Lipinski definition) is 0. The Kier molecular flexibility index (Phi) is 6.32. The maximum absolute atomic E-state index is 13.2. The number of rotatable bonds is 6. The highest BCUT2D eigenvalue weighted by molar-refractivity contribution is 6.37. The number of benzene rings is 3. The molecule has 0 aliphatic heterocycles. The van der Waals surface area contributed by atoms with Crippen LogP contribution in [0, 0.1) is 5.82 Å². The van der Waals surface area contributed by atoms with Crippen LogP contribution in [0.3, 0.4) is 0 Å². The number of nitrogens with zero attached hydrogens (tertiary/aromatic N) is 1. The Morgan fingerprint density at radius 3 is 2.33 bits per heavy atom. The molecule has 0 spiro atoms. The maximum atomic E-state index is 13.2. The van der Waals surface area contributed by atoms with E-state index >= 15 is 0 Å². The lowest BCUT2D eigenvalue weighted by atomic mass is 10.2. The molecule has 3 aromatic rings. The lowest BCUT2D eigenvalue weighted by Gasteiger charge is -2.11. The zero-order chi connectivity index (χ0) is 19.2. The Morgan fingerprint density at radius 1 is 1.00 bits per heavy atom. The molecule has 6 heteroatoms. The fourth-order valence-electron chi connectivity index (χ4n) is 2.39. The van der Waals surface area contributed by atoms with Crippen LogP contribution in [-0.2, 0) is 6.61 Å². The van der Waals surface area contributed by atoms with Gasteiger partial charge in [-0.2, -0.15) is 0 Å². The highest BCUT2D eigenvalue weighted by atomic mass is 35.5.